The number of aromatic nitrogens is 5. The van der Waals surface area contributed by atoms with E-state index >= 15 is 0 Å². The molecule has 4 rings (SSSR count). The summed E-state index contributed by atoms with van der Waals surface area (Å²) in [5, 5.41) is 8.80. The molecule has 0 saturated heterocycles. The second-order valence-electron chi connectivity index (χ2n) is 5.92. The normalized spacial score (nSPS) is 12.2. The number of hydrogen-bond acceptors (Lipinski definition) is 4. The lowest BCUT2D eigenvalue weighted by atomic mass is 10.0. The molecule has 4 aromatic rings. The Morgan fingerprint density at radius 3 is 2.64 bits per heavy atom. The van der Waals surface area contributed by atoms with E-state index < -0.39 is 0 Å². The highest BCUT2D eigenvalue weighted by molar-refractivity contribution is 7.09. The summed E-state index contributed by atoms with van der Waals surface area (Å²) in [5.41, 5.74) is 6.34. The predicted octanol–water partition coefficient (Wildman–Crippen LogP) is 3.17. The SMILES string of the molecule is Cc1c(C(c2ccccc2)n2cc(-c3cccnc3)nn2)sc[n+]1C. The number of rotatable bonds is 4. The molecule has 0 fully saturated rings. The van der Waals surface area contributed by atoms with E-state index in [1.807, 2.05) is 35.3 Å². The fourth-order valence-electron chi connectivity index (χ4n) is 2.85. The molecule has 0 bridgehead atoms. The number of hydrogen-bond donors (Lipinski definition) is 0. The quantitative estimate of drug-likeness (QED) is 0.532. The van der Waals surface area contributed by atoms with Gasteiger partial charge in [-0.15, -0.1) is 5.10 Å². The summed E-state index contributed by atoms with van der Waals surface area (Å²) in [5.74, 6) is 0. The van der Waals surface area contributed by atoms with Crippen LogP contribution in [0.25, 0.3) is 11.3 Å². The molecule has 0 aliphatic carbocycles. The zero-order valence-electron chi connectivity index (χ0n) is 14.1. The molecule has 0 aliphatic heterocycles. The highest BCUT2D eigenvalue weighted by Gasteiger charge is 2.26. The molecule has 6 heteroatoms. The van der Waals surface area contributed by atoms with Crippen LogP contribution in [-0.2, 0) is 7.05 Å². The molecule has 0 spiro atoms. The second-order valence-corrected chi connectivity index (χ2v) is 6.81. The van der Waals surface area contributed by atoms with Crippen molar-refractivity contribution in [2.45, 2.75) is 13.0 Å². The van der Waals surface area contributed by atoms with Gasteiger partial charge in [0.25, 0.3) is 0 Å². The molecule has 1 aromatic carbocycles. The summed E-state index contributed by atoms with van der Waals surface area (Å²) in [4.78, 5) is 5.43. The summed E-state index contributed by atoms with van der Waals surface area (Å²) in [6.45, 7) is 2.14. The maximum atomic E-state index is 4.43. The average molecular weight is 348 g/mol. The van der Waals surface area contributed by atoms with Gasteiger partial charge in [0, 0.05) is 24.9 Å². The molecule has 0 saturated carbocycles. The van der Waals surface area contributed by atoms with Gasteiger partial charge in [-0.3, -0.25) is 4.98 Å². The van der Waals surface area contributed by atoms with E-state index in [1.165, 1.54) is 16.1 Å². The van der Waals surface area contributed by atoms with Crippen molar-refractivity contribution in [2.24, 2.45) is 7.05 Å². The van der Waals surface area contributed by atoms with Crippen LogP contribution in [-0.4, -0.2) is 20.0 Å². The van der Waals surface area contributed by atoms with E-state index in [4.69, 9.17) is 0 Å². The fraction of sp³-hybridized carbons (Fsp3) is 0.158. The van der Waals surface area contributed by atoms with Crippen molar-refractivity contribution in [1.82, 2.24) is 20.0 Å². The third-order valence-electron chi connectivity index (χ3n) is 4.32. The van der Waals surface area contributed by atoms with Crippen LogP contribution in [0, 0.1) is 6.92 Å². The van der Waals surface area contributed by atoms with Gasteiger partial charge in [-0.2, -0.15) is 4.57 Å². The number of aryl methyl sites for hydroxylation is 1. The lowest BCUT2D eigenvalue weighted by Gasteiger charge is -2.15. The Labute approximate surface area is 150 Å². The molecule has 124 valence electrons. The van der Waals surface area contributed by atoms with Crippen molar-refractivity contribution in [3.63, 3.8) is 0 Å². The molecular formula is C19H18N5S+. The van der Waals surface area contributed by atoms with E-state index in [-0.39, 0.29) is 6.04 Å². The van der Waals surface area contributed by atoms with Crippen LogP contribution in [0.15, 0.2) is 66.6 Å². The Morgan fingerprint density at radius 1 is 1.12 bits per heavy atom. The molecule has 3 aromatic heterocycles. The topological polar surface area (TPSA) is 47.5 Å². The van der Waals surface area contributed by atoms with Gasteiger partial charge in [-0.1, -0.05) is 46.9 Å². The summed E-state index contributed by atoms with van der Waals surface area (Å²) in [7, 11) is 2.07. The Morgan fingerprint density at radius 2 is 1.96 bits per heavy atom. The Bertz CT molecular complexity index is 975. The summed E-state index contributed by atoms with van der Waals surface area (Å²) in [6.07, 6.45) is 5.56. The second kappa shape index (κ2) is 6.57. The summed E-state index contributed by atoms with van der Waals surface area (Å²) >= 11 is 1.74. The van der Waals surface area contributed by atoms with Crippen LogP contribution >= 0.6 is 11.3 Å². The van der Waals surface area contributed by atoms with Crippen molar-refractivity contribution < 1.29 is 4.57 Å². The van der Waals surface area contributed by atoms with E-state index in [0.29, 0.717) is 0 Å². The molecule has 25 heavy (non-hydrogen) atoms. The van der Waals surface area contributed by atoms with Gasteiger partial charge in [-0.05, 0) is 17.7 Å². The highest BCUT2D eigenvalue weighted by Crippen LogP contribution is 2.31. The molecular weight excluding hydrogens is 330 g/mol. The van der Waals surface area contributed by atoms with Crippen LogP contribution in [0.2, 0.25) is 0 Å². The maximum Gasteiger partial charge on any atom is 0.225 e. The lowest BCUT2D eigenvalue weighted by molar-refractivity contribution is -0.673. The maximum absolute atomic E-state index is 4.43. The third kappa shape index (κ3) is 2.96. The molecule has 0 N–H and O–H groups in total. The van der Waals surface area contributed by atoms with Gasteiger partial charge >= 0.3 is 0 Å². The molecule has 0 amide bonds. The minimum atomic E-state index is 0.00493. The van der Waals surface area contributed by atoms with E-state index in [1.54, 1.807) is 17.5 Å². The van der Waals surface area contributed by atoms with Gasteiger partial charge < -0.3 is 0 Å². The average Bonchev–Trinajstić information content (AvgIpc) is 3.27. The first-order valence-corrected chi connectivity index (χ1v) is 8.93. The molecule has 0 radical (unpaired) electrons. The van der Waals surface area contributed by atoms with Gasteiger partial charge in [-0.25, -0.2) is 4.68 Å². The van der Waals surface area contributed by atoms with Crippen LogP contribution in [0.4, 0.5) is 0 Å². The number of thiazole rings is 1. The molecule has 0 aliphatic rings. The van der Waals surface area contributed by atoms with Crippen molar-refractivity contribution in [3.05, 3.63) is 82.7 Å². The van der Waals surface area contributed by atoms with Gasteiger partial charge in [0.05, 0.1) is 6.20 Å². The van der Waals surface area contributed by atoms with Gasteiger partial charge in [0.15, 0.2) is 5.69 Å². The molecule has 1 atom stereocenters. The first kappa shape index (κ1) is 15.7. The van der Waals surface area contributed by atoms with Gasteiger partial charge in [0.2, 0.25) is 5.51 Å². The summed E-state index contributed by atoms with van der Waals surface area (Å²) in [6, 6.07) is 14.3. The Hall–Kier alpha value is -2.86. The van der Waals surface area contributed by atoms with Gasteiger partial charge in [0.1, 0.15) is 23.7 Å². The molecule has 1 unspecified atom stereocenters. The van der Waals surface area contributed by atoms with Crippen molar-refractivity contribution in [1.29, 1.82) is 0 Å². The largest absolute Gasteiger partial charge is 0.264 e. The first-order chi connectivity index (χ1) is 12.2. The Balaban J connectivity index is 1.82. The Kier molecular flexibility index (Phi) is 4.11. The van der Waals surface area contributed by atoms with E-state index in [0.717, 1.165) is 11.3 Å². The number of pyridine rings is 1. The molecule has 3 heterocycles. The first-order valence-electron chi connectivity index (χ1n) is 8.05. The fourth-order valence-corrected chi connectivity index (χ4v) is 3.96. The predicted molar refractivity (Wildman–Crippen MR) is 97.2 cm³/mol. The van der Waals surface area contributed by atoms with E-state index in [9.17, 15) is 0 Å². The minimum absolute atomic E-state index is 0.00493. The van der Waals surface area contributed by atoms with Crippen LogP contribution in [0.1, 0.15) is 22.2 Å². The zero-order chi connectivity index (χ0) is 17.2. The summed E-state index contributed by atoms with van der Waals surface area (Å²) < 4.78 is 4.09. The van der Waals surface area contributed by atoms with Crippen molar-refractivity contribution in [3.8, 4) is 11.3 Å². The smallest absolute Gasteiger partial charge is 0.225 e. The van der Waals surface area contributed by atoms with Crippen LogP contribution < -0.4 is 4.57 Å². The monoisotopic (exact) mass is 348 g/mol. The number of benzene rings is 1. The molecule has 5 nitrogen and oxygen atoms in total. The lowest BCUT2D eigenvalue weighted by Crippen LogP contribution is -2.29. The van der Waals surface area contributed by atoms with E-state index in [2.05, 4.69) is 63.6 Å². The number of nitrogens with zero attached hydrogens (tertiary/aromatic N) is 5. The highest BCUT2D eigenvalue weighted by atomic mass is 32.1. The standard InChI is InChI=1S/C19H18N5S/c1-14-19(25-13-23(14)2)18(15-7-4-3-5-8-15)24-12-17(21-22-24)16-9-6-10-20-11-16/h3-13,18H,1-2H3/q+1. The van der Waals surface area contributed by atoms with Crippen LogP contribution in [0.3, 0.4) is 0 Å². The zero-order valence-corrected chi connectivity index (χ0v) is 14.9. The van der Waals surface area contributed by atoms with Crippen LogP contribution in [0.5, 0.6) is 0 Å². The third-order valence-corrected chi connectivity index (χ3v) is 5.51. The van der Waals surface area contributed by atoms with Crippen molar-refractivity contribution >= 4 is 11.3 Å². The van der Waals surface area contributed by atoms with Crippen molar-refractivity contribution in [2.75, 3.05) is 0 Å². The minimum Gasteiger partial charge on any atom is -0.264 e.